The zero-order valence-corrected chi connectivity index (χ0v) is 11.5. The van der Waals surface area contributed by atoms with E-state index in [1.165, 1.54) is 5.56 Å². The fourth-order valence-electron chi connectivity index (χ4n) is 1.80. The molecule has 1 aromatic rings. The van der Waals surface area contributed by atoms with Crippen LogP contribution in [0.25, 0.3) is 0 Å². The molecule has 2 nitrogen and oxygen atoms in total. The fraction of sp³-hybridized carbons (Fsp3) is 0.600. The molecule has 1 N–H and O–H groups in total. The van der Waals surface area contributed by atoms with Crippen molar-refractivity contribution in [2.75, 3.05) is 0 Å². The van der Waals surface area contributed by atoms with E-state index in [1.807, 2.05) is 19.1 Å². The summed E-state index contributed by atoms with van der Waals surface area (Å²) in [6, 6.07) is 8.18. The van der Waals surface area contributed by atoms with Crippen LogP contribution in [0.15, 0.2) is 24.3 Å². The highest BCUT2D eigenvalue weighted by Crippen LogP contribution is 2.26. The molecule has 1 aromatic carbocycles. The third-order valence-corrected chi connectivity index (χ3v) is 2.71. The number of ether oxygens (including phenoxy) is 1. The normalized spacial score (nSPS) is 15.4. The Morgan fingerprint density at radius 1 is 1.24 bits per heavy atom. The summed E-state index contributed by atoms with van der Waals surface area (Å²) in [5.41, 5.74) is 1.40. The lowest BCUT2D eigenvalue weighted by Gasteiger charge is -2.21. The highest BCUT2D eigenvalue weighted by Gasteiger charge is 2.15. The van der Waals surface area contributed by atoms with Gasteiger partial charge in [0.15, 0.2) is 0 Å². The van der Waals surface area contributed by atoms with Crippen LogP contribution in [0.2, 0.25) is 0 Å². The number of aliphatic hydroxyl groups is 1. The van der Waals surface area contributed by atoms with Crippen LogP contribution in [0, 0.1) is 0 Å². The lowest BCUT2D eigenvalue weighted by molar-refractivity contribution is 0.115. The predicted octanol–water partition coefficient (Wildman–Crippen LogP) is 3.52. The Bertz CT molecular complexity index is 350. The molecule has 0 aliphatic carbocycles. The van der Waals surface area contributed by atoms with Crippen molar-refractivity contribution in [1.82, 2.24) is 0 Å². The first kappa shape index (κ1) is 14.0. The maximum Gasteiger partial charge on any atom is 0.119 e. The van der Waals surface area contributed by atoms with Crippen molar-refractivity contribution in [3.63, 3.8) is 0 Å². The molecule has 0 saturated carbocycles. The highest BCUT2D eigenvalue weighted by molar-refractivity contribution is 5.32. The van der Waals surface area contributed by atoms with Crippen LogP contribution in [0.4, 0.5) is 0 Å². The second-order valence-electron chi connectivity index (χ2n) is 5.79. The Morgan fingerprint density at radius 3 is 2.41 bits per heavy atom. The van der Waals surface area contributed by atoms with Gasteiger partial charge in [0.05, 0.1) is 12.2 Å². The van der Waals surface area contributed by atoms with Crippen molar-refractivity contribution < 1.29 is 9.84 Å². The van der Waals surface area contributed by atoms with E-state index in [2.05, 4.69) is 32.9 Å². The fourth-order valence-corrected chi connectivity index (χ4v) is 1.80. The molecule has 1 rings (SSSR count). The SMILES string of the molecule is CC(O)CC(C)Oc1cccc(C(C)(C)C)c1. The van der Waals surface area contributed by atoms with Gasteiger partial charge < -0.3 is 9.84 Å². The van der Waals surface area contributed by atoms with E-state index in [9.17, 15) is 5.11 Å². The van der Waals surface area contributed by atoms with Crippen LogP contribution in [-0.2, 0) is 5.41 Å². The molecular formula is C15H24O2. The van der Waals surface area contributed by atoms with Gasteiger partial charge in [-0.15, -0.1) is 0 Å². The number of aliphatic hydroxyl groups excluding tert-OH is 1. The predicted molar refractivity (Wildman–Crippen MR) is 71.5 cm³/mol. The van der Waals surface area contributed by atoms with Crippen molar-refractivity contribution in [3.05, 3.63) is 29.8 Å². The van der Waals surface area contributed by atoms with Gasteiger partial charge in [-0.05, 0) is 37.0 Å². The molecule has 96 valence electrons. The van der Waals surface area contributed by atoms with E-state index in [0.29, 0.717) is 6.42 Å². The molecule has 0 bridgehead atoms. The van der Waals surface area contributed by atoms with Crippen LogP contribution in [0.5, 0.6) is 5.75 Å². The van der Waals surface area contributed by atoms with Crippen molar-refractivity contribution in [3.8, 4) is 5.75 Å². The molecule has 0 radical (unpaired) electrons. The number of benzene rings is 1. The Kier molecular flexibility index (Phi) is 4.58. The van der Waals surface area contributed by atoms with Gasteiger partial charge in [-0.1, -0.05) is 32.9 Å². The molecule has 0 heterocycles. The van der Waals surface area contributed by atoms with Gasteiger partial charge in [0, 0.05) is 6.42 Å². The summed E-state index contributed by atoms with van der Waals surface area (Å²) in [7, 11) is 0. The van der Waals surface area contributed by atoms with Gasteiger partial charge in [-0.3, -0.25) is 0 Å². The smallest absolute Gasteiger partial charge is 0.119 e. The molecule has 0 aliphatic rings. The van der Waals surface area contributed by atoms with E-state index in [-0.39, 0.29) is 17.6 Å². The molecule has 0 aliphatic heterocycles. The summed E-state index contributed by atoms with van der Waals surface area (Å²) in [4.78, 5) is 0. The summed E-state index contributed by atoms with van der Waals surface area (Å²) >= 11 is 0. The Hall–Kier alpha value is -1.02. The first-order chi connectivity index (χ1) is 7.79. The minimum Gasteiger partial charge on any atom is -0.491 e. The van der Waals surface area contributed by atoms with E-state index < -0.39 is 0 Å². The van der Waals surface area contributed by atoms with E-state index >= 15 is 0 Å². The van der Waals surface area contributed by atoms with Crippen LogP contribution in [0.1, 0.15) is 46.6 Å². The van der Waals surface area contributed by atoms with Gasteiger partial charge in [-0.2, -0.15) is 0 Å². The van der Waals surface area contributed by atoms with Crippen molar-refractivity contribution in [2.45, 2.75) is 58.7 Å². The third kappa shape index (κ3) is 4.78. The van der Waals surface area contributed by atoms with E-state index in [0.717, 1.165) is 5.75 Å². The van der Waals surface area contributed by atoms with Gasteiger partial charge >= 0.3 is 0 Å². The van der Waals surface area contributed by atoms with Crippen LogP contribution < -0.4 is 4.74 Å². The lowest BCUT2D eigenvalue weighted by Crippen LogP contribution is -2.18. The molecule has 0 aromatic heterocycles. The average Bonchev–Trinajstić information content (AvgIpc) is 2.15. The number of hydrogen-bond donors (Lipinski definition) is 1. The zero-order chi connectivity index (χ0) is 13.1. The second-order valence-corrected chi connectivity index (χ2v) is 5.79. The minimum absolute atomic E-state index is 0.0326. The summed E-state index contributed by atoms with van der Waals surface area (Å²) in [5, 5.41) is 9.30. The number of rotatable bonds is 4. The van der Waals surface area contributed by atoms with Crippen molar-refractivity contribution in [2.24, 2.45) is 0 Å². The monoisotopic (exact) mass is 236 g/mol. The first-order valence-electron chi connectivity index (χ1n) is 6.24. The van der Waals surface area contributed by atoms with Gasteiger partial charge in [0.1, 0.15) is 5.75 Å². The first-order valence-corrected chi connectivity index (χ1v) is 6.24. The molecular weight excluding hydrogens is 212 g/mol. The summed E-state index contributed by atoms with van der Waals surface area (Å²) < 4.78 is 5.80. The molecule has 2 unspecified atom stereocenters. The van der Waals surface area contributed by atoms with Crippen molar-refractivity contribution >= 4 is 0 Å². The van der Waals surface area contributed by atoms with E-state index in [1.54, 1.807) is 6.92 Å². The Balaban J connectivity index is 2.72. The van der Waals surface area contributed by atoms with Gasteiger partial charge in [0.25, 0.3) is 0 Å². The lowest BCUT2D eigenvalue weighted by atomic mass is 9.87. The maximum absolute atomic E-state index is 9.30. The van der Waals surface area contributed by atoms with Gasteiger partial charge in [0.2, 0.25) is 0 Å². The molecule has 17 heavy (non-hydrogen) atoms. The molecule has 2 heteroatoms. The summed E-state index contributed by atoms with van der Waals surface area (Å²) in [6.07, 6.45) is 0.362. The highest BCUT2D eigenvalue weighted by atomic mass is 16.5. The summed E-state index contributed by atoms with van der Waals surface area (Å²) in [5.74, 6) is 0.880. The number of hydrogen-bond acceptors (Lipinski definition) is 2. The summed E-state index contributed by atoms with van der Waals surface area (Å²) in [6.45, 7) is 10.3. The quantitative estimate of drug-likeness (QED) is 0.866. The van der Waals surface area contributed by atoms with Crippen molar-refractivity contribution in [1.29, 1.82) is 0 Å². The second kappa shape index (κ2) is 5.54. The molecule has 0 amide bonds. The van der Waals surface area contributed by atoms with Crippen LogP contribution in [0.3, 0.4) is 0 Å². The largest absolute Gasteiger partial charge is 0.491 e. The van der Waals surface area contributed by atoms with Crippen LogP contribution in [-0.4, -0.2) is 17.3 Å². The zero-order valence-electron chi connectivity index (χ0n) is 11.5. The van der Waals surface area contributed by atoms with E-state index in [4.69, 9.17) is 4.74 Å². The molecule has 2 atom stereocenters. The third-order valence-electron chi connectivity index (χ3n) is 2.71. The Labute approximate surface area is 105 Å². The average molecular weight is 236 g/mol. The standard InChI is InChI=1S/C15H24O2/c1-11(16)9-12(2)17-14-8-6-7-13(10-14)15(3,4)5/h6-8,10-12,16H,9H2,1-5H3. The molecule has 0 spiro atoms. The van der Waals surface area contributed by atoms with Gasteiger partial charge in [-0.25, -0.2) is 0 Å². The molecule has 0 saturated heterocycles. The van der Waals surface area contributed by atoms with Crippen LogP contribution >= 0.6 is 0 Å². The topological polar surface area (TPSA) is 29.5 Å². The maximum atomic E-state index is 9.30. The Morgan fingerprint density at radius 2 is 1.88 bits per heavy atom. The molecule has 0 fully saturated rings. The minimum atomic E-state index is -0.323.